The van der Waals surface area contributed by atoms with E-state index in [0.717, 1.165) is 0 Å². The molecule has 1 aromatic heterocycles. The molecule has 0 spiro atoms. The first kappa shape index (κ1) is 13.1. The van der Waals surface area contributed by atoms with Gasteiger partial charge in [-0.15, -0.1) is 10.2 Å². The Morgan fingerprint density at radius 1 is 1.25 bits per heavy atom. The number of rotatable bonds is 3. The van der Waals surface area contributed by atoms with Crippen molar-refractivity contribution in [3.63, 3.8) is 0 Å². The van der Waals surface area contributed by atoms with Crippen LogP contribution in [-0.2, 0) is 28.9 Å². The van der Waals surface area contributed by atoms with E-state index < -0.39 is 10.0 Å². The third-order valence-corrected chi connectivity index (χ3v) is 5.16. The SMILES string of the molecule is Nc1ccccc1CS(=O)(=O)N1CCn2cnnc2C1. The van der Waals surface area contributed by atoms with Gasteiger partial charge >= 0.3 is 0 Å². The number of hydrogen-bond donors (Lipinski definition) is 1. The largest absolute Gasteiger partial charge is 0.398 e. The minimum atomic E-state index is -3.41. The van der Waals surface area contributed by atoms with Crippen LogP contribution in [0.15, 0.2) is 30.6 Å². The number of sulfonamides is 1. The molecule has 7 nitrogen and oxygen atoms in total. The van der Waals surface area contributed by atoms with E-state index in [1.807, 2.05) is 4.57 Å². The molecule has 0 saturated carbocycles. The summed E-state index contributed by atoms with van der Waals surface area (Å²) < 4.78 is 28.2. The zero-order valence-corrected chi connectivity index (χ0v) is 11.6. The fourth-order valence-electron chi connectivity index (χ4n) is 2.24. The van der Waals surface area contributed by atoms with E-state index in [4.69, 9.17) is 5.73 Å². The van der Waals surface area contributed by atoms with Crippen molar-refractivity contribution in [2.24, 2.45) is 0 Å². The van der Waals surface area contributed by atoms with Crippen molar-refractivity contribution in [2.45, 2.75) is 18.8 Å². The first-order chi connectivity index (χ1) is 9.56. The maximum Gasteiger partial charge on any atom is 0.218 e. The molecule has 0 atom stereocenters. The van der Waals surface area contributed by atoms with Gasteiger partial charge in [-0.25, -0.2) is 8.42 Å². The number of para-hydroxylation sites is 1. The van der Waals surface area contributed by atoms with Gasteiger partial charge in [0.25, 0.3) is 0 Å². The van der Waals surface area contributed by atoms with Crippen LogP contribution in [-0.4, -0.2) is 34.0 Å². The average Bonchev–Trinajstić information content (AvgIpc) is 2.88. The standard InChI is InChI=1S/C12H15N5O2S/c13-11-4-2-1-3-10(11)8-20(18,19)17-6-5-16-9-14-15-12(16)7-17/h1-4,9H,5-8,13H2. The molecule has 1 aliphatic rings. The van der Waals surface area contributed by atoms with Gasteiger partial charge < -0.3 is 10.3 Å². The third-order valence-electron chi connectivity index (χ3n) is 3.39. The summed E-state index contributed by atoms with van der Waals surface area (Å²) in [5.41, 5.74) is 6.93. The van der Waals surface area contributed by atoms with Gasteiger partial charge in [0.2, 0.25) is 10.0 Å². The van der Waals surface area contributed by atoms with Crippen molar-refractivity contribution < 1.29 is 8.42 Å². The number of nitrogens with two attached hydrogens (primary N) is 1. The Bertz CT molecular complexity index is 725. The van der Waals surface area contributed by atoms with Gasteiger partial charge in [0, 0.05) is 18.8 Å². The molecule has 0 radical (unpaired) electrons. The second-order valence-electron chi connectivity index (χ2n) is 4.73. The summed E-state index contributed by atoms with van der Waals surface area (Å²) >= 11 is 0. The molecule has 8 heteroatoms. The molecule has 20 heavy (non-hydrogen) atoms. The van der Waals surface area contributed by atoms with Crippen molar-refractivity contribution in [3.05, 3.63) is 42.0 Å². The molecular weight excluding hydrogens is 278 g/mol. The summed E-state index contributed by atoms with van der Waals surface area (Å²) in [6.07, 6.45) is 1.62. The minimum absolute atomic E-state index is 0.0895. The Morgan fingerprint density at radius 2 is 2.05 bits per heavy atom. The van der Waals surface area contributed by atoms with E-state index in [1.54, 1.807) is 30.6 Å². The highest BCUT2D eigenvalue weighted by molar-refractivity contribution is 7.88. The van der Waals surface area contributed by atoms with Crippen LogP contribution in [0.3, 0.4) is 0 Å². The van der Waals surface area contributed by atoms with E-state index in [-0.39, 0.29) is 12.3 Å². The van der Waals surface area contributed by atoms with Crippen molar-refractivity contribution in [3.8, 4) is 0 Å². The lowest BCUT2D eigenvalue weighted by molar-refractivity contribution is 0.335. The fourth-order valence-corrected chi connectivity index (χ4v) is 3.75. The molecule has 0 fully saturated rings. The third kappa shape index (κ3) is 2.39. The van der Waals surface area contributed by atoms with Crippen molar-refractivity contribution in [1.29, 1.82) is 0 Å². The smallest absolute Gasteiger partial charge is 0.218 e. The molecule has 0 unspecified atom stereocenters. The topological polar surface area (TPSA) is 94.1 Å². The highest BCUT2D eigenvalue weighted by Gasteiger charge is 2.28. The van der Waals surface area contributed by atoms with Crippen LogP contribution in [0.4, 0.5) is 5.69 Å². The number of benzene rings is 1. The predicted molar refractivity (Wildman–Crippen MR) is 73.9 cm³/mol. The zero-order valence-electron chi connectivity index (χ0n) is 10.8. The van der Waals surface area contributed by atoms with E-state index in [1.165, 1.54) is 4.31 Å². The van der Waals surface area contributed by atoms with E-state index in [0.29, 0.717) is 30.2 Å². The number of hydrogen-bond acceptors (Lipinski definition) is 5. The van der Waals surface area contributed by atoms with Gasteiger partial charge in [0.1, 0.15) is 12.2 Å². The molecule has 1 aliphatic heterocycles. The molecule has 3 rings (SSSR count). The molecule has 0 bridgehead atoms. The van der Waals surface area contributed by atoms with Gasteiger partial charge in [-0.1, -0.05) is 18.2 Å². The number of fused-ring (bicyclic) bond motifs is 1. The Balaban J connectivity index is 1.82. The highest BCUT2D eigenvalue weighted by Crippen LogP contribution is 2.20. The van der Waals surface area contributed by atoms with Gasteiger partial charge in [-0.05, 0) is 11.6 Å². The molecule has 0 amide bonds. The van der Waals surface area contributed by atoms with E-state index >= 15 is 0 Å². The lowest BCUT2D eigenvalue weighted by Gasteiger charge is -2.26. The van der Waals surface area contributed by atoms with Crippen LogP contribution >= 0.6 is 0 Å². The Morgan fingerprint density at radius 3 is 2.85 bits per heavy atom. The summed E-state index contributed by atoms with van der Waals surface area (Å²) in [7, 11) is -3.41. The van der Waals surface area contributed by atoms with Crippen molar-refractivity contribution in [2.75, 3.05) is 12.3 Å². The number of aromatic nitrogens is 3. The lowest BCUT2D eigenvalue weighted by atomic mass is 10.2. The van der Waals surface area contributed by atoms with Gasteiger partial charge in [0.05, 0.1) is 12.3 Å². The number of nitrogens with zero attached hydrogens (tertiary/aromatic N) is 4. The maximum atomic E-state index is 12.5. The molecule has 106 valence electrons. The first-order valence-electron chi connectivity index (χ1n) is 6.24. The van der Waals surface area contributed by atoms with Crippen LogP contribution in [0, 0.1) is 0 Å². The maximum absolute atomic E-state index is 12.5. The van der Waals surface area contributed by atoms with Crippen molar-refractivity contribution >= 4 is 15.7 Å². The van der Waals surface area contributed by atoms with Crippen LogP contribution in [0.1, 0.15) is 11.4 Å². The van der Waals surface area contributed by atoms with Crippen LogP contribution in [0.25, 0.3) is 0 Å². The van der Waals surface area contributed by atoms with E-state index in [2.05, 4.69) is 10.2 Å². The van der Waals surface area contributed by atoms with Crippen LogP contribution in [0.2, 0.25) is 0 Å². The predicted octanol–water partition coefficient (Wildman–Crippen LogP) is 0.206. The Labute approximate surface area is 117 Å². The summed E-state index contributed by atoms with van der Waals surface area (Å²) in [5.74, 6) is 0.578. The molecule has 2 N–H and O–H groups in total. The summed E-state index contributed by atoms with van der Waals surface area (Å²) in [6.45, 7) is 1.26. The van der Waals surface area contributed by atoms with Gasteiger partial charge in [-0.2, -0.15) is 4.31 Å². The molecule has 2 heterocycles. The normalized spacial score (nSPS) is 16.0. The quantitative estimate of drug-likeness (QED) is 0.816. The summed E-state index contributed by atoms with van der Waals surface area (Å²) in [4.78, 5) is 0. The molecule has 0 saturated heterocycles. The number of nitrogen functional groups attached to an aromatic ring is 1. The Kier molecular flexibility index (Phi) is 3.19. The zero-order chi connectivity index (χ0) is 14.2. The summed E-state index contributed by atoms with van der Waals surface area (Å²) in [6, 6.07) is 7.01. The Hall–Kier alpha value is -1.93. The minimum Gasteiger partial charge on any atom is -0.398 e. The highest BCUT2D eigenvalue weighted by atomic mass is 32.2. The monoisotopic (exact) mass is 293 g/mol. The fraction of sp³-hybridized carbons (Fsp3) is 0.333. The average molecular weight is 293 g/mol. The first-order valence-corrected chi connectivity index (χ1v) is 7.85. The molecule has 2 aromatic rings. The van der Waals surface area contributed by atoms with Crippen molar-refractivity contribution in [1.82, 2.24) is 19.1 Å². The van der Waals surface area contributed by atoms with Crippen LogP contribution in [0.5, 0.6) is 0 Å². The molecule has 0 aliphatic carbocycles. The molecular formula is C12H15N5O2S. The van der Waals surface area contributed by atoms with Gasteiger partial charge in [0.15, 0.2) is 0 Å². The second kappa shape index (κ2) is 4.88. The van der Waals surface area contributed by atoms with Crippen LogP contribution < -0.4 is 5.73 Å². The molecule has 1 aromatic carbocycles. The lowest BCUT2D eigenvalue weighted by Crippen LogP contribution is -2.39. The number of anilines is 1. The summed E-state index contributed by atoms with van der Waals surface area (Å²) in [5, 5.41) is 7.72. The van der Waals surface area contributed by atoms with E-state index in [9.17, 15) is 8.42 Å². The second-order valence-corrected chi connectivity index (χ2v) is 6.70. The van der Waals surface area contributed by atoms with Gasteiger partial charge in [-0.3, -0.25) is 0 Å².